The first-order chi connectivity index (χ1) is 13.4. The predicted octanol–water partition coefficient (Wildman–Crippen LogP) is 0.748. The molecule has 1 atom stereocenters. The summed E-state index contributed by atoms with van der Waals surface area (Å²) in [5.74, 6) is -0.842. The van der Waals surface area contributed by atoms with E-state index in [1.54, 1.807) is 15.9 Å². The van der Waals surface area contributed by atoms with Gasteiger partial charge in [-0.05, 0) is 19.1 Å². The molecule has 3 amide bonds. The lowest BCUT2D eigenvalue weighted by molar-refractivity contribution is -0.159. The standard InChI is InChI=1S/C19H23N3O5S/c1-13(19(26)21-9-7-20(8-10-21)14(2)23)27-18(25)11-22-15-5-3-4-6-16(15)28-12-17(22)24/h3-6,13H,7-12H2,1-2H3. The van der Waals surface area contributed by atoms with Crippen LogP contribution in [0.15, 0.2) is 29.2 Å². The maximum atomic E-state index is 12.5. The Morgan fingerprint density at radius 1 is 1.11 bits per heavy atom. The Kier molecular flexibility index (Phi) is 6.23. The van der Waals surface area contributed by atoms with Crippen molar-refractivity contribution in [2.24, 2.45) is 0 Å². The highest BCUT2D eigenvalue weighted by Crippen LogP contribution is 2.34. The van der Waals surface area contributed by atoms with E-state index in [9.17, 15) is 19.2 Å². The largest absolute Gasteiger partial charge is 0.451 e. The average molecular weight is 405 g/mol. The topological polar surface area (TPSA) is 87.2 Å². The molecule has 0 spiro atoms. The number of fused-ring (bicyclic) bond motifs is 1. The highest BCUT2D eigenvalue weighted by atomic mass is 32.2. The number of anilines is 1. The molecule has 9 heteroatoms. The van der Waals surface area contributed by atoms with Gasteiger partial charge in [-0.25, -0.2) is 0 Å². The highest BCUT2D eigenvalue weighted by molar-refractivity contribution is 8.00. The fourth-order valence-corrected chi connectivity index (χ4v) is 4.18. The van der Waals surface area contributed by atoms with Crippen LogP contribution in [0.2, 0.25) is 0 Å². The number of thioether (sulfide) groups is 1. The van der Waals surface area contributed by atoms with Gasteiger partial charge in [-0.1, -0.05) is 12.1 Å². The Morgan fingerprint density at radius 3 is 2.43 bits per heavy atom. The van der Waals surface area contributed by atoms with Crippen LogP contribution in [0.4, 0.5) is 5.69 Å². The Bertz CT molecular complexity index is 792. The van der Waals surface area contributed by atoms with Crippen LogP contribution in [0.25, 0.3) is 0 Å². The summed E-state index contributed by atoms with van der Waals surface area (Å²) in [4.78, 5) is 54.1. The van der Waals surface area contributed by atoms with Gasteiger partial charge in [-0.15, -0.1) is 11.8 Å². The molecule has 1 unspecified atom stereocenters. The molecular weight excluding hydrogens is 382 g/mol. The Morgan fingerprint density at radius 2 is 1.75 bits per heavy atom. The number of benzene rings is 1. The van der Waals surface area contributed by atoms with Crippen LogP contribution in [0, 0.1) is 0 Å². The molecule has 0 aliphatic carbocycles. The summed E-state index contributed by atoms with van der Waals surface area (Å²) >= 11 is 1.44. The van der Waals surface area contributed by atoms with Crippen molar-refractivity contribution in [3.05, 3.63) is 24.3 Å². The monoisotopic (exact) mass is 405 g/mol. The molecule has 1 aromatic rings. The van der Waals surface area contributed by atoms with E-state index in [0.717, 1.165) is 4.90 Å². The lowest BCUT2D eigenvalue weighted by Gasteiger charge is -2.35. The van der Waals surface area contributed by atoms with Crippen LogP contribution < -0.4 is 4.90 Å². The third kappa shape index (κ3) is 4.46. The first kappa shape index (κ1) is 20.2. The number of esters is 1. The molecule has 0 N–H and O–H groups in total. The van der Waals surface area contributed by atoms with E-state index < -0.39 is 12.1 Å². The Balaban J connectivity index is 1.55. The van der Waals surface area contributed by atoms with Gasteiger partial charge in [-0.2, -0.15) is 0 Å². The van der Waals surface area contributed by atoms with Crippen LogP contribution in [0.3, 0.4) is 0 Å². The highest BCUT2D eigenvalue weighted by Gasteiger charge is 2.30. The van der Waals surface area contributed by atoms with Gasteiger partial charge in [0.25, 0.3) is 5.91 Å². The number of rotatable bonds is 4. The number of hydrogen-bond donors (Lipinski definition) is 0. The molecule has 1 saturated heterocycles. The van der Waals surface area contributed by atoms with Gasteiger partial charge < -0.3 is 14.5 Å². The van der Waals surface area contributed by atoms with Gasteiger partial charge >= 0.3 is 5.97 Å². The van der Waals surface area contributed by atoms with Crippen LogP contribution in [0.5, 0.6) is 0 Å². The minimum atomic E-state index is -0.944. The molecule has 1 fully saturated rings. The number of nitrogens with zero attached hydrogens (tertiary/aromatic N) is 3. The van der Waals surface area contributed by atoms with Gasteiger partial charge in [0.15, 0.2) is 6.10 Å². The van der Waals surface area contributed by atoms with Crippen molar-refractivity contribution in [2.75, 3.05) is 43.4 Å². The maximum absolute atomic E-state index is 12.5. The van der Waals surface area contributed by atoms with E-state index in [4.69, 9.17) is 4.74 Å². The molecule has 28 heavy (non-hydrogen) atoms. The third-order valence-corrected chi connectivity index (χ3v) is 5.84. The molecule has 8 nitrogen and oxygen atoms in total. The molecule has 2 aliphatic rings. The molecule has 150 valence electrons. The van der Waals surface area contributed by atoms with Crippen molar-refractivity contribution < 1.29 is 23.9 Å². The van der Waals surface area contributed by atoms with Crippen molar-refractivity contribution >= 4 is 41.1 Å². The summed E-state index contributed by atoms with van der Waals surface area (Å²) in [6, 6.07) is 7.38. The number of carbonyl (C=O) groups is 4. The summed E-state index contributed by atoms with van der Waals surface area (Å²) in [5.41, 5.74) is 0.681. The molecule has 0 aromatic heterocycles. The van der Waals surface area contributed by atoms with E-state index in [1.165, 1.54) is 30.5 Å². The van der Waals surface area contributed by atoms with Crippen LogP contribution >= 0.6 is 11.8 Å². The van der Waals surface area contributed by atoms with Crippen molar-refractivity contribution in [3.63, 3.8) is 0 Å². The summed E-state index contributed by atoms with van der Waals surface area (Å²) in [7, 11) is 0. The number of piperazine rings is 1. The Hall–Kier alpha value is -2.55. The SMILES string of the molecule is CC(=O)N1CCN(C(=O)C(C)OC(=O)CN2C(=O)CSc3ccccc32)CC1. The molecule has 2 heterocycles. The zero-order chi connectivity index (χ0) is 20.3. The lowest BCUT2D eigenvalue weighted by atomic mass is 10.2. The summed E-state index contributed by atoms with van der Waals surface area (Å²) in [5, 5.41) is 0. The quantitative estimate of drug-likeness (QED) is 0.687. The molecule has 2 aliphatic heterocycles. The van der Waals surface area contributed by atoms with Gasteiger partial charge in [0.1, 0.15) is 6.54 Å². The number of para-hydroxylation sites is 1. The lowest BCUT2D eigenvalue weighted by Crippen LogP contribution is -2.52. The first-order valence-electron chi connectivity index (χ1n) is 9.13. The van der Waals surface area contributed by atoms with Crippen LogP contribution in [-0.4, -0.2) is 78.1 Å². The van der Waals surface area contributed by atoms with Crippen molar-refractivity contribution in [3.8, 4) is 0 Å². The van der Waals surface area contributed by atoms with Crippen LogP contribution in [0.1, 0.15) is 13.8 Å². The molecule has 1 aromatic carbocycles. The van der Waals surface area contributed by atoms with Crippen molar-refractivity contribution in [1.82, 2.24) is 9.80 Å². The minimum Gasteiger partial charge on any atom is -0.451 e. The maximum Gasteiger partial charge on any atom is 0.326 e. The van der Waals surface area contributed by atoms with Gasteiger partial charge in [0.2, 0.25) is 11.8 Å². The normalized spacial score (nSPS) is 17.8. The zero-order valence-corrected chi connectivity index (χ0v) is 16.7. The number of amides is 3. The minimum absolute atomic E-state index is 0.0174. The third-order valence-electron chi connectivity index (χ3n) is 4.79. The van der Waals surface area contributed by atoms with Crippen molar-refractivity contribution in [2.45, 2.75) is 24.8 Å². The van der Waals surface area contributed by atoms with Crippen molar-refractivity contribution in [1.29, 1.82) is 0 Å². The fourth-order valence-electron chi connectivity index (χ4n) is 3.24. The van der Waals surface area contributed by atoms with Gasteiger partial charge in [0.05, 0.1) is 11.4 Å². The molecular formula is C19H23N3O5S. The molecule has 3 rings (SSSR count). The summed E-state index contributed by atoms with van der Waals surface area (Å²) < 4.78 is 5.29. The number of ether oxygens (including phenoxy) is 1. The molecule has 0 radical (unpaired) electrons. The second-order valence-corrected chi connectivity index (χ2v) is 7.72. The second kappa shape index (κ2) is 8.64. The fraction of sp³-hybridized carbons (Fsp3) is 0.474. The summed E-state index contributed by atoms with van der Waals surface area (Å²) in [6.45, 7) is 4.56. The predicted molar refractivity (Wildman–Crippen MR) is 104 cm³/mol. The molecule has 0 bridgehead atoms. The summed E-state index contributed by atoms with van der Waals surface area (Å²) in [6.07, 6.45) is -0.944. The van der Waals surface area contributed by atoms with E-state index in [2.05, 4.69) is 0 Å². The van der Waals surface area contributed by atoms with E-state index in [0.29, 0.717) is 31.9 Å². The molecule has 0 saturated carbocycles. The van der Waals surface area contributed by atoms with E-state index >= 15 is 0 Å². The number of hydrogen-bond acceptors (Lipinski definition) is 6. The number of carbonyl (C=O) groups excluding carboxylic acids is 4. The van der Waals surface area contributed by atoms with Gasteiger partial charge in [-0.3, -0.25) is 24.1 Å². The smallest absolute Gasteiger partial charge is 0.326 e. The van der Waals surface area contributed by atoms with E-state index in [1.807, 2.05) is 18.2 Å². The first-order valence-corrected chi connectivity index (χ1v) is 10.1. The second-order valence-electron chi connectivity index (χ2n) is 6.70. The average Bonchev–Trinajstić information content (AvgIpc) is 2.69. The van der Waals surface area contributed by atoms with Crippen LogP contribution in [-0.2, 0) is 23.9 Å². The Labute approximate surface area is 167 Å². The zero-order valence-electron chi connectivity index (χ0n) is 15.9. The van der Waals surface area contributed by atoms with E-state index in [-0.39, 0.29) is 30.0 Å². The van der Waals surface area contributed by atoms with Gasteiger partial charge in [0, 0.05) is 38.0 Å².